The van der Waals surface area contributed by atoms with Gasteiger partial charge in [0, 0.05) is 31.2 Å². The normalized spacial score (nSPS) is 11.7. The molecule has 0 fully saturated rings. The van der Waals surface area contributed by atoms with Crippen LogP contribution in [0.3, 0.4) is 0 Å². The third-order valence-corrected chi connectivity index (χ3v) is 10.9. The van der Waals surface area contributed by atoms with Crippen molar-refractivity contribution in [1.82, 2.24) is 0 Å². The summed E-state index contributed by atoms with van der Waals surface area (Å²) in [7, 11) is 0. The summed E-state index contributed by atoms with van der Waals surface area (Å²) in [6.45, 7) is 0. The first kappa shape index (κ1) is 27.9. The molecule has 0 radical (unpaired) electrons. The minimum Gasteiger partial charge on any atom is -0.456 e. The zero-order chi connectivity index (χ0) is 32.3. The second-order valence-corrected chi connectivity index (χ2v) is 13.5. The Labute approximate surface area is 287 Å². The molecule has 49 heavy (non-hydrogen) atoms. The van der Waals surface area contributed by atoms with Crippen molar-refractivity contribution in [3.8, 4) is 22.3 Å². The fourth-order valence-electron chi connectivity index (χ4n) is 7.36. The number of hydrogen-bond donors (Lipinski definition) is 0. The van der Waals surface area contributed by atoms with Gasteiger partial charge in [-0.15, -0.1) is 11.3 Å². The molecule has 8 aromatic carbocycles. The minimum absolute atomic E-state index is 0.879. The molecule has 0 aliphatic carbocycles. The standard InChI is InChI=1S/C46H29NOS/c1-2-12-32(13-3-1)36-27-28-40(45-38-16-7-9-20-43(38)49-46(36)45)47(39-17-10-19-42-44(39)37-15-6-8-18-41(37)48-42)35-25-23-31(24-26-35)34-22-21-30-11-4-5-14-33(30)29-34/h1-29H. The van der Waals surface area contributed by atoms with Crippen LogP contribution in [0.25, 0.3) is 75.1 Å². The molecule has 0 saturated carbocycles. The van der Waals surface area contributed by atoms with E-state index in [1.165, 1.54) is 53.2 Å². The number of furan rings is 1. The number of hydrogen-bond acceptors (Lipinski definition) is 3. The summed E-state index contributed by atoms with van der Waals surface area (Å²) in [5.41, 5.74) is 9.95. The molecule has 0 aliphatic rings. The van der Waals surface area contributed by atoms with Crippen LogP contribution in [-0.2, 0) is 0 Å². The molecule has 2 nitrogen and oxygen atoms in total. The molecule has 230 valence electrons. The molecule has 0 aliphatic heterocycles. The summed E-state index contributed by atoms with van der Waals surface area (Å²) in [4.78, 5) is 2.44. The summed E-state index contributed by atoms with van der Waals surface area (Å²) in [5, 5.41) is 7.23. The smallest absolute Gasteiger partial charge is 0.137 e. The summed E-state index contributed by atoms with van der Waals surface area (Å²) in [6, 6.07) is 63.2. The lowest BCUT2D eigenvalue weighted by Gasteiger charge is -2.28. The van der Waals surface area contributed by atoms with Crippen LogP contribution >= 0.6 is 11.3 Å². The van der Waals surface area contributed by atoms with E-state index in [0.717, 1.165) is 39.0 Å². The molecule has 0 amide bonds. The Kier molecular flexibility index (Phi) is 6.39. The predicted octanol–water partition coefficient (Wildman–Crippen LogP) is 13.9. The Bertz CT molecular complexity index is 2830. The second kappa shape index (κ2) is 11.2. The molecule has 10 aromatic rings. The van der Waals surface area contributed by atoms with Gasteiger partial charge in [-0.2, -0.15) is 0 Å². The van der Waals surface area contributed by atoms with Crippen molar-refractivity contribution in [1.29, 1.82) is 0 Å². The molecule has 2 heterocycles. The Balaban J connectivity index is 1.24. The van der Waals surface area contributed by atoms with E-state index in [4.69, 9.17) is 4.42 Å². The maximum Gasteiger partial charge on any atom is 0.137 e. The number of nitrogens with zero attached hydrogens (tertiary/aromatic N) is 1. The van der Waals surface area contributed by atoms with Gasteiger partial charge in [0.25, 0.3) is 0 Å². The largest absolute Gasteiger partial charge is 0.456 e. The van der Waals surface area contributed by atoms with E-state index < -0.39 is 0 Å². The van der Waals surface area contributed by atoms with Gasteiger partial charge in [-0.25, -0.2) is 0 Å². The highest BCUT2D eigenvalue weighted by atomic mass is 32.1. The number of anilines is 3. The van der Waals surface area contributed by atoms with Crippen LogP contribution in [-0.4, -0.2) is 0 Å². The highest BCUT2D eigenvalue weighted by Crippen LogP contribution is 2.50. The van der Waals surface area contributed by atoms with Crippen LogP contribution in [0.5, 0.6) is 0 Å². The molecule has 0 unspecified atom stereocenters. The van der Waals surface area contributed by atoms with Crippen LogP contribution in [0.2, 0.25) is 0 Å². The topological polar surface area (TPSA) is 16.4 Å². The van der Waals surface area contributed by atoms with E-state index in [2.05, 4.69) is 175 Å². The lowest BCUT2D eigenvalue weighted by Crippen LogP contribution is -2.11. The fraction of sp³-hybridized carbons (Fsp3) is 0. The van der Waals surface area contributed by atoms with Crippen LogP contribution in [0.4, 0.5) is 17.1 Å². The average Bonchev–Trinajstić information content (AvgIpc) is 3.75. The first-order valence-electron chi connectivity index (χ1n) is 16.6. The van der Waals surface area contributed by atoms with E-state index >= 15 is 0 Å². The lowest BCUT2D eigenvalue weighted by atomic mass is 9.99. The van der Waals surface area contributed by atoms with Crippen LogP contribution in [0.1, 0.15) is 0 Å². The summed E-state index contributed by atoms with van der Waals surface area (Å²) in [6.07, 6.45) is 0. The van der Waals surface area contributed by atoms with E-state index in [9.17, 15) is 0 Å². The van der Waals surface area contributed by atoms with Crippen molar-refractivity contribution in [2.75, 3.05) is 4.90 Å². The maximum atomic E-state index is 6.42. The van der Waals surface area contributed by atoms with Crippen molar-refractivity contribution in [2.24, 2.45) is 0 Å². The van der Waals surface area contributed by atoms with Gasteiger partial charge in [0.2, 0.25) is 0 Å². The SMILES string of the molecule is c1ccc(-c2ccc(N(c3ccc(-c4ccc5ccccc5c4)cc3)c3cccc4oc5ccccc5c34)c3c2sc2ccccc23)cc1. The van der Waals surface area contributed by atoms with E-state index in [0.29, 0.717) is 0 Å². The number of thiophene rings is 1. The summed E-state index contributed by atoms with van der Waals surface area (Å²) >= 11 is 1.87. The van der Waals surface area contributed by atoms with Crippen LogP contribution < -0.4 is 4.90 Å². The molecule has 0 spiro atoms. The van der Waals surface area contributed by atoms with Crippen molar-refractivity contribution < 1.29 is 4.42 Å². The Hall–Kier alpha value is -6.16. The van der Waals surface area contributed by atoms with Crippen molar-refractivity contribution in [3.63, 3.8) is 0 Å². The molecule has 10 rings (SSSR count). The molecule has 0 saturated heterocycles. The summed E-state index contributed by atoms with van der Waals surface area (Å²) in [5.74, 6) is 0. The van der Waals surface area contributed by atoms with Gasteiger partial charge in [0.1, 0.15) is 11.2 Å². The molecule has 0 N–H and O–H groups in total. The lowest BCUT2D eigenvalue weighted by molar-refractivity contribution is 0.669. The molecule has 0 bridgehead atoms. The Morgan fingerprint density at radius 2 is 1.12 bits per heavy atom. The van der Waals surface area contributed by atoms with Crippen molar-refractivity contribution in [3.05, 3.63) is 176 Å². The molecular weight excluding hydrogens is 615 g/mol. The van der Waals surface area contributed by atoms with E-state index in [1.807, 2.05) is 17.4 Å². The molecule has 3 heteroatoms. The van der Waals surface area contributed by atoms with Gasteiger partial charge in [-0.1, -0.05) is 127 Å². The highest BCUT2D eigenvalue weighted by molar-refractivity contribution is 7.26. The third-order valence-electron chi connectivity index (χ3n) is 9.66. The van der Waals surface area contributed by atoms with Gasteiger partial charge in [-0.05, 0) is 81.6 Å². The second-order valence-electron chi connectivity index (χ2n) is 12.5. The number of fused-ring (bicyclic) bond motifs is 7. The van der Waals surface area contributed by atoms with Crippen molar-refractivity contribution in [2.45, 2.75) is 0 Å². The van der Waals surface area contributed by atoms with E-state index in [-0.39, 0.29) is 0 Å². The first-order valence-corrected chi connectivity index (χ1v) is 17.4. The number of benzene rings is 8. The van der Waals surface area contributed by atoms with Gasteiger partial charge in [-0.3, -0.25) is 0 Å². The minimum atomic E-state index is 0.879. The van der Waals surface area contributed by atoms with Gasteiger partial charge < -0.3 is 9.32 Å². The van der Waals surface area contributed by atoms with Gasteiger partial charge >= 0.3 is 0 Å². The zero-order valence-electron chi connectivity index (χ0n) is 26.5. The quantitative estimate of drug-likeness (QED) is 0.186. The summed E-state index contributed by atoms with van der Waals surface area (Å²) < 4.78 is 8.98. The predicted molar refractivity (Wildman–Crippen MR) is 210 cm³/mol. The monoisotopic (exact) mass is 643 g/mol. The number of para-hydroxylation sites is 1. The highest BCUT2D eigenvalue weighted by Gasteiger charge is 2.24. The van der Waals surface area contributed by atoms with Crippen LogP contribution in [0, 0.1) is 0 Å². The van der Waals surface area contributed by atoms with Crippen molar-refractivity contribution >= 4 is 81.3 Å². The Morgan fingerprint density at radius 1 is 0.429 bits per heavy atom. The van der Waals surface area contributed by atoms with Gasteiger partial charge in [0.05, 0.1) is 16.8 Å². The average molecular weight is 644 g/mol. The first-order chi connectivity index (χ1) is 24.3. The Morgan fingerprint density at radius 3 is 2.00 bits per heavy atom. The zero-order valence-corrected chi connectivity index (χ0v) is 27.3. The van der Waals surface area contributed by atoms with Gasteiger partial charge in [0.15, 0.2) is 0 Å². The van der Waals surface area contributed by atoms with E-state index in [1.54, 1.807) is 0 Å². The molecule has 2 aromatic heterocycles. The molecular formula is C46H29NOS. The third kappa shape index (κ3) is 4.55. The number of rotatable bonds is 5. The maximum absolute atomic E-state index is 6.42. The van der Waals surface area contributed by atoms with Crippen LogP contribution in [0.15, 0.2) is 180 Å². The fourth-order valence-corrected chi connectivity index (χ4v) is 8.62. The molecule has 0 atom stereocenters.